The van der Waals surface area contributed by atoms with Crippen molar-refractivity contribution in [3.63, 3.8) is 0 Å². The number of aliphatic carboxylic acids is 2. The fourth-order valence-electron chi connectivity index (χ4n) is 1.93. The summed E-state index contributed by atoms with van der Waals surface area (Å²) in [5, 5.41) is 23.8. The molecule has 3 N–H and O–H groups in total. The zero-order valence-electron chi connectivity index (χ0n) is 12.7. The summed E-state index contributed by atoms with van der Waals surface area (Å²) in [5.74, 6) is -2.86. The standard InChI is InChI=1S/C15H15N3O6/c1-24-10-4-2-9(3-5-10)18-7-6-11(17-18)14(21)16-12(15(22)23)8-13(19)20/h2-7,12H,8H2,1H3,(H,16,21)(H,19,20)(H,22,23). The van der Waals surface area contributed by atoms with E-state index in [0.717, 1.165) is 0 Å². The summed E-state index contributed by atoms with van der Waals surface area (Å²) in [7, 11) is 1.54. The molecule has 1 aromatic carbocycles. The number of carbonyl (C=O) groups is 3. The Balaban J connectivity index is 2.12. The number of hydrogen-bond acceptors (Lipinski definition) is 5. The smallest absolute Gasteiger partial charge is 0.326 e. The second kappa shape index (κ2) is 7.27. The third-order valence-electron chi connectivity index (χ3n) is 3.14. The van der Waals surface area contributed by atoms with E-state index in [4.69, 9.17) is 14.9 Å². The normalized spacial score (nSPS) is 11.5. The quantitative estimate of drug-likeness (QED) is 0.674. The highest BCUT2D eigenvalue weighted by Gasteiger charge is 2.24. The first-order chi connectivity index (χ1) is 11.4. The highest BCUT2D eigenvalue weighted by Crippen LogP contribution is 2.14. The average molecular weight is 333 g/mol. The second-order valence-corrected chi connectivity index (χ2v) is 4.81. The largest absolute Gasteiger partial charge is 0.497 e. The lowest BCUT2D eigenvalue weighted by Crippen LogP contribution is -2.42. The van der Waals surface area contributed by atoms with Crippen molar-refractivity contribution in [1.82, 2.24) is 15.1 Å². The van der Waals surface area contributed by atoms with E-state index < -0.39 is 30.3 Å². The summed E-state index contributed by atoms with van der Waals surface area (Å²) in [4.78, 5) is 33.6. The minimum absolute atomic E-state index is 0.0255. The molecule has 0 radical (unpaired) electrons. The van der Waals surface area contributed by atoms with Gasteiger partial charge in [-0.1, -0.05) is 0 Å². The lowest BCUT2D eigenvalue weighted by molar-refractivity contribution is -0.145. The van der Waals surface area contributed by atoms with Crippen LogP contribution in [0.4, 0.5) is 0 Å². The van der Waals surface area contributed by atoms with Gasteiger partial charge in [-0.25, -0.2) is 9.48 Å². The first-order valence-electron chi connectivity index (χ1n) is 6.86. The van der Waals surface area contributed by atoms with Crippen LogP contribution in [0.15, 0.2) is 36.5 Å². The number of rotatable bonds is 7. The van der Waals surface area contributed by atoms with E-state index in [1.807, 2.05) is 0 Å². The van der Waals surface area contributed by atoms with Crippen LogP contribution in [-0.2, 0) is 9.59 Å². The van der Waals surface area contributed by atoms with E-state index in [9.17, 15) is 14.4 Å². The van der Waals surface area contributed by atoms with Crippen molar-refractivity contribution in [3.8, 4) is 11.4 Å². The molecule has 1 unspecified atom stereocenters. The molecule has 0 bridgehead atoms. The van der Waals surface area contributed by atoms with Crippen LogP contribution in [0.2, 0.25) is 0 Å². The molecule has 0 aliphatic heterocycles. The van der Waals surface area contributed by atoms with Crippen LogP contribution in [0.5, 0.6) is 5.75 Å². The molecule has 2 rings (SSSR count). The Morgan fingerprint density at radius 2 is 1.88 bits per heavy atom. The van der Waals surface area contributed by atoms with Gasteiger partial charge in [0, 0.05) is 6.20 Å². The number of carboxylic acids is 2. The van der Waals surface area contributed by atoms with Gasteiger partial charge in [0.05, 0.1) is 19.2 Å². The van der Waals surface area contributed by atoms with Crippen LogP contribution in [-0.4, -0.2) is 51.0 Å². The van der Waals surface area contributed by atoms with Crippen LogP contribution >= 0.6 is 0 Å². The molecule has 24 heavy (non-hydrogen) atoms. The minimum atomic E-state index is -1.53. The molecule has 1 amide bonds. The van der Waals surface area contributed by atoms with E-state index >= 15 is 0 Å². The number of methoxy groups -OCH3 is 1. The number of hydrogen-bond donors (Lipinski definition) is 3. The number of carbonyl (C=O) groups excluding carboxylic acids is 1. The molecule has 0 aliphatic carbocycles. The number of amides is 1. The Bertz CT molecular complexity index is 753. The summed E-state index contributed by atoms with van der Waals surface area (Å²) in [6.07, 6.45) is 0.809. The second-order valence-electron chi connectivity index (χ2n) is 4.81. The zero-order valence-corrected chi connectivity index (χ0v) is 12.7. The third kappa shape index (κ3) is 4.09. The van der Waals surface area contributed by atoms with Gasteiger partial charge in [-0.15, -0.1) is 0 Å². The molecule has 1 aromatic heterocycles. The monoisotopic (exact) mass is 333 g/mol. The summed E-state index contributed by atoms with van der Waals surface area (Å²) < 4.78 is 6.48. The Hall–Kier alpha value is -3.36. The van der Waals surface area contributed by atoms with Gasteiger partial charge in [0.1, 0.15) is 11.8 Å². The summed E-state index contributed by atoms with van der Waals surface area (Å²) in [6.45, 7) is 0. The molecule has 0 saturated carbocycles. The lowest BCUT2D eigenvalue weighted by atomic mass is 10.2. The third-order valence-corrected chi connectivity index (χ3v) is 3.14. The van der Waals surface area contributed by atoms with Gasteiger partial charge in [0.15, 0.2) is 5.69 Å². The first-order valence-corrected chi connectivity index (χ1v) is 6.86. The molecular formula is C15H15N3O6. The maximum Gasteiger partial charge on any atom is 0.326 e. The Labute approximate surface area is 136 Å². The van der Waals surface area contributed by atoms with Crippen LogP contribution in [0.25, 0.3) is 5.69 Å². The number of carboxylic acid groups (broad SMARTS) is 2. The predicted octanol–water partition coefficient (Wildman–Crippen LogP) is 0.539. The fourth-order valence-corrected chi connectivity index (χ4v) is 1.93. The number of ether oxygens (including phenoxy) is 1. The van der Waals surface area contributed by atoms with Crippen LogP contribution in [0.3, 0.4) is 0 Å². The SMILES string of the molecule is COc1ccc(-n2ccc(C(=O)NC(CC(=O)O)C(=O)O)n2)cc1. The first kappa shape index (κ1) is 17.0. The Morgan fingerprint density at radius 1 is 1.21 bits per heavy atom. The molecule has 0 spiro atoms. The minimum Gasteiger partial charge on any atom is -0.497 e. The molecule has 9 nitrogen and oxygen atoms in total. The van der Waals surface area contributed by atoms with Crippen molar-refractivity contribution in [2.45, 2.75) is 12.5 Å². The topological polar surface area (TPSA) is 131 Å². The maximum atomic E-state index is 12.0. The molecule has 126 valence electrons. The van der Waals surface area contributed by atoms with Crippen LogP contribution in [0, 0.1) is 0 Å². The predicted molar refractivity (Wildman–Crippen MR) is 81.3 cm³/mol. The molecule has 9 heteroatoms. The van der Waals surface area contributed by atoms with Crippen LogP contribution in [0.1, 0.15) is 16.9 Å². The number of aromatic nitrogens is 2. The maximum absolute atomic E-state index is 12.0. The number of benzene rings is 1. The van der Waals surface area contributed by atoms with Gasteiger partial charge in [-0.3, -0.25) is 9.59 Å². The zero-order chi connectivity index (χ0) is 17.7. The van der Waals surface area contributed by atoms with Crippen molar-refractivity contribution in [1.29, 1.82) is 0 Å². The number of nitrogens with zero attached hydrogens (tertiary/aromatic N) is 2. The number of nitrogens with one attached hydrogen (secondary N) is 1. The van der Waals surface area contributed by atoms with Gasteiger partial charge in [-0.2, -0.15) is 5.10 Å². The van der Waals surface area contributed by atoms with E-state index in [0.29, 0.717) is 11.4 Å². The van der Waals surface area contributed by atoms with Gasteiger partial charge >= 0.3 is 11.9 Å². The molecule has 1 atom stereocenters. The van der Waals surface area contributed by atoms with Crippen molar-refractivity contribution in [3.05, 3.63) is 42.2 Å². The highest BCUT2D eigenvalue weighted by molar-refractivity contribution is 5.95. The average Bonchev–Trinajstić information content (AvgIpc) is 3.04. The summed E-state index contributed by atoms with van der Waals surface area (Å²) in [6, 6.07) is 6.80. The molecule has 1 heterocycles. The molecular weight excluding hydrogens is 318 g/mol. The fraction of sp³-hybridized carbons (Fsp3) is 0.200. The van der Waals surface area contributed by atoms with E-state index in [1.165, 1.54) is 16.9 Å². The van der Waals surface area contributed by atoms with Crippen molar-refractivity contribution < 1.29 is 29.3 Å². The molecule has 0 aliphatic rings. The van der Waals surface area contributed by atoms with E-state index in [2.05, 4.69) is 10.4 Å². The van der Waals surface area contributed by atoms with Crippen molar-refractivity contribution in [2.24, 2.45) is 0 Å². The van der Waals surface area contributed by atoms with Gasteiger partial charge in [-0.05, 0) is 30.3 Å². The highest BCUT2D eigenvalue weighted by atomic mass is 16.5. The van der Waals surface area contributed by atoms with Crippen LogP contribution < -0.4 is 10.1 Å². The summed E-state index contributed by atoms with van der Waals surface area (Å²) in [5.41, 5.74) is 0.651. The van der Waals surface area contributed by atoms with Gasteiger partial charge < -0.3 is 20.3 Å². The Morgan fingerprint density at radius 3 is 2.42 bits per heavy atom. The summed E-state index contributed by atoms with van der Waals surface area (Å²) >= 11 is 0. The van der Waals surface area contributed by atoms with E-state index in [1.54, 1.807) is 31.4 Å². The molecule has 0 fully saturated rings. The van der Waals surface area contributed by atoms with Gasteiger partial charge in [0.25, 0.3) is 5.91 Å². The lowest BCUT2D eigenvalue weighted by Gasteiger charge is -2.11. The van der Waals surface area contributed by atoms with Crippen molar-refractivity contribution >= 4 is 17.8 Å². The Kier molecular flexibility index (Phi) is 5.15. The molecule has 0 saturated heterocycles. The van der Waals surface area contributed by atoms with Crippen molar-refractivity contribution in [2.75, 3.05) is 7.11 Å². The van der Waals surface area contributed by atoms with Gasteiger partial charge in [0.2, 0.25) is 0 Å². The van der Waals surface area contributed by atoms with E-state index in [-0.39, 0.29) is 5.69 Å². The molecule has 2 aromatic rings.